The molecule has 0 saturated carbocycles. The van der Waals surface area contributed by atoms with Crippen LogP contribution in [0.3, 0.4) is 0 Å². The van der Waals surface area contributed by atoms with Crippen molar-refractivity contribution >= 4 is 41.4 Å². The van der Waals surface area contributed by atoms with E-state index in [9.17, 15) is 9.59 Å². The molecule has 166 valence electrons. The number of aromatic nitrogens is 2. The lowest BCUT2D eigenvalue weighted by Gasteiger charge is -2.26. The molecule has 0 radical (unpaired) electrons. The van der Waals surface area contributed by atoms with Gasteiger partial charge in [0.25, 0.3) is 5.56 Å². The van der Waals surface area contributed by atoms with Gasteiger partial charge in [-0.25, -0.2) is 4.79 Å². The summed E-state index contributed by atoms with van der Waals surface area (Å²) in [7, 11) is 0. The largest absolute Gasteiger partial charge is 0.379 e. The molecule has 30 heavy (non-hydrogen) atoms. The molecule has 1 saturated heterocycles. The number of nitrogens with one attached hydrogen (secondary N) is 2. The Balaban J connectivity index is 0.00000320. The van der Waals surface area contributed by atoms with Gasteiger partial charge in [-0.05, 0) is 17.7 Å². The first-order chi connectivity index (χ1) is 14.0. The highest BCUT2D eigenvalue weighted by Gasteiger charge is 2.10. The Kier molecular flexibility index (Phi) is 10.2. The molecule has 11 heteroatoms. The Morgan fingerprint density at radius 1 is 1.07 bits per heavy atom. The van der Waals surface area contributed by atoms with Crippen molar-refractivity contribution in [3.05, 3.63) is 60.7 Å². The zero-order valence-corrected chi connectivity index (χ0v) is 18.7. The third kappa shape index (κ3) is 7.30. The number of hydrogen-bond acceptors (Lipinski definition) is 6. The molecule has 1 aliphatic rings. The number of ether oxygens (including phenoxy) is 2. The summed E-state index contributed by atoms with van der Waals surface area (Å²) in [5, 5.41) is 3.93. The lowest BCUT2D eigenvalue weighted by molar-refractivity contribution is 0.0194. The summed E-state index contributed by atoms with van der Waals surface area (Å²) in [6.07, 6.45) is 0. The third-order valence-electron chi connectivity index (χ3n) is 4.60. The molecule has 0 aliphatic carbocycles. The molecule has 2 aromatic rings. The lowest BCUT2D eigenvalue weighted by Crippen LogP contribution is -2.39. The van der Waals surface area contributed by atoms with Crippen molar-refractivity contribution in [2.75, 3.05) is 51.4 Å². The van der Waals surface area contributed by atoms with Crippen molar-refractivity contribution in [3.63, 3.8) is 0 Å². The predicted molar refractivity (Wildman–Crippen MR) is 120 cm³/mol. The number of benzene rings is 1. The first-order valence-electron chi connectivity index (χ1n) is 9.43. The van der Waals surface area contributed by atoms with Gasteiger partial charge in [-0.3, -0.25) is 19.2 Å². The van der Waals surface area contributed by atoms with Crippen LogP contribution in [-0.2, 0) is 22.6 Å². The van der Waals surface area contributed by atoms with Crippen LogP contribution < -0.4 is 16.6 Å². The van der Waals surface area contributed by atoms with Crippen molar-refractivity contribution in [1.29, 1.82) is 0 Å². The molecule has 0 spiro atoms. The minimum absolute atomic E-state index is 0. The fourth-order valence-corrected chi connectivity index (χ4v) is 3.27. The second-order valence-electron chi connectivity index (χ2n) is 6.65. The highest BCUT2D eigenvalue weighted by molar-refractivity contribution is 6.42. The molecular formula is C19H25Cl3N4O4. The van der Waals surface area contributed by atoms with E-state index in [1.807, 2.05) is 6.07 Å². The third-order valence-corrected chi connectivity index (χ3v) is 5.34. The van der Waals surface area contributed by atoms with E-state index in [4.69, 9.17) is 32.7 Å². The first-order valence-corrected chi connectivity index (χ1v) is 10.2. The van der Waals surface area contributed by atoms with Crippen LogP contribution >= 0.6 is 35.6 Å². The monoisotopic (exact) mass is 478 g/mol. The van der Waals surface area contributed by atoms with Crippen molar-refractivity contribution in [2.24, 2.45) is 0 Å². The Bertz CT molecular complexity index is 897. The average Bonchev–Trinajstić information content (AvgIpc) is 2.71. The molecule has 1 aliphatic heterocycles. The molecule has 3 rings (SSSR count). The number of H-pyrrole nitrogens is 1. The van der Waals surface area contributed by atoms with Crippen LogP contribution in [-0.4, -0.2) is 60.5 Å². The SMILES string of the molecule is Cl.O=c1cc(NCc2ccc(Cl)c(Cl)c2)[nH]c(=O)n1CCOCCN1CCOCC1. The summed E-state index contributed by atoms with van der Waals surface area (Å²) in [6.45, 7) is 5.54. The maximum Gasteiger partial charge on any atom is 0.329 e. The van der Waals surface area contributed by atoms with Gasteiger partial charge in [0.2, 0.25) is 0 Å². The number of rotatable bonds is 9. The van der Waals surface area contributed by atoms with Gasteiger partial charge in [-0.2, -0.15) is 0 Å². The number of aromatic amines is 1. The first kappa shape index (κ1) is 24.7. The van der Waals surface area contributed by atoms with Crippen LogP contribution in [0.5, 0.6) is 0 Å². The second-order valence-corrected chi connectivity index (χ2v) is 7.46. The van der Waals surface area contributed by atoms with Crippen LogP contribution in [0.2, 0.25) is 10.0 Å². The van der Waals surface area contributed by atoms with Crippen molar-refractivity contribution in [3.8, 4) is 0 Å². The van der Waals surface area contributed by atoms with Crippen LogP contribution in [0.4, 0.5) is 5.82 Å². The normalized spacial score (nSPS) is 14.3. The molecular weight excluding hydrogens is 455 g/mol. The Labute approximate surface area is 190 Å². The second kappa shape index (κ2) is 12.3. The number of halogens is 3. The molecule has 1 aromatic heterocycles. The maximum absolute atomic E-state index is 12.3. The summed E-state index contributed by atoms with van der Waals surface area (Å²) in [5.41, 5.74) is 0.00572. The summed E-state index contributed by atoms with van der Waals surface area (Å²) in [6, 6.07) is 6.59. The summed E-state index contributed by atoms with van der Waals surface area (Å²) < 4.78 is 12.0. The van der Waals surface area contributed by atoms with E-state index in [1.54, 1.807) is 12.1 Å². The van der Waals surface area contributed by atoms with Crippen molar-refractivity contribution in [1.82, 2.24) is 14.5 Å². The maximum atomic E-state index is 12.3. The number of hydrogen-bond donors (Lipinski definition) is 2. The molecule has 1 aromatic carbocycles. The van der Waals surface area contributed by atoms with Crippen molar-refractivity contribution in [2.45, 2.75) is 13.1 Å². The highest BCUT2D eigenvalue weighted by Crippen LogP contribution is 2.22. The van der Waals surface area contributed by atoms with E-state index in [-0.39, 0.29) is 24.5 Å². The topological polar surface area (TPSA) is 88.6 Å². The smallest absolute Gasteiger partial charge is 0.329 e. The van der Waals surface area contributed by atoms with Gasteiger partial charge in [0.05, 0.1) is 43.0 Å². The Morgan fingerprint density at radius 2 is 1.80 bits per heavy atom. The van der Waals surface area contributed by atoms with E-state index in [0.29, 0.717) is 35.6 Å². The molecule has 2 N–H and O–H groups in total. The van der Waals surface area contributed by atoms with Crippen molar-refractivity contribution < 1.29 is 9.47 Å². The van der Waals surface area contributed by atoms with Gasteiger partial charge < -0.3 is 14.8 Å². The standard InChI is InChI=1S/C19H24Cl2N4O4.ClH/c20-15-2-1-14(11-16(15)21)13-22-17-12-18(26)25(19(27)23-17)6-10-29-9-5-24-3-7-28-8-4-24;/h1-2,11-12,22H,3-10,13H2,(H,23,27);1H. The van der Waals surface area contributed by atoms with Gasteiger partial charge in [-0.1, -0.05) is 29.3 Å². The van der Waals surface area contributed by atoms with Crippen LogP contribution in [0.15, 0.2) is 33.9 Å². The van der Waals surface area contributed by atoms with E-state index < -0.39 is 5.69 Å². The summed E-state index contributed by atoms with van der Waals surface area (Å²) >= 11 is 11.9. The number of nitrogens with zero attached hydrogens (tertiary/aromatic N) is 2. The van der Waals surface area contributed by atoms with Gasteiger partial charge >= 0.3 is 5.69 Å². The van der Waals surface area contributed by atoms with E-state index >= 15 is 0 Å². The van der Waals surface area contributed by atoms with Gasteiger partial charge in [0, 0.05) is 32.2 Å². The van der Waals surface area contributed by atoms with Gasteiger partial charge in [0.1, 0.15) is 5.82 Å². The van der Waals surface area contributed by atoms with Gasteiger partial charge in [0.15, 0.2) is 0 Å². The Hall–Kier alpha value is -1.55. The van der Waals surface area contributed by atoms with Crippen LogP contribution in [0.25, 0.3) is 0 Å². The van der Waals surface area contributed by atoms with E-state index in [0.717, 1.165) is 43.0 Å². The molecule has 0 amide bonds. The quantitative estimate of drug-likeness (QED) is 0.536. The summed E-state index contributed by atoms with van der Waals surface area (Å²) in [5.74, 6) is 0.343. The van der Waals surface area contributed by atoms with E-state index in [2.05, 4.69) is 15.2 Å². The van der Waals surface area contributed by atoms with E-state index in [1.165, 1.54) is 6.07 Å². The summed E-state index contributed by atoms with van der Waals surface area (Å²) in [4.78, 5) is 29.4. The Morgan fingerprint density at radius 3 is 2.50 bits per heavy atom. The zero-order chi connectivity index (χ0) is 20.6. The molecule has 0 bridgehead atoms. The number of anilines is 1. The minimum atomic E-state index is -0.481. The molecule has 1 fully saturated rings. The van der Waals surface area contributed by atoms with Crippen LogP contribution in [0.1, 0.15) is 5.56 Å². The lowest BCUT2D eigenvalue weighted by atomic mass is 10.2. The fraction of sp³-hybridized carbons (Fsp3) is 0.474. The minimum Gasteiger partial charge on any atom is -0.379 e. The molecule has 0 atom stereocenters. The van der Waals surface area contributed by atoms with Gasteiger partial charge in [-0.15, -0.1) is 12.4 Å². The molecule has 8 nitrogen and oxygen atoms in total. The average molecular weight is 480 g/mol. The molecule has 0 unspecified atom stereocenters. The zero-order valence-electron chi connectivity index (χ0n) is 16.4. The molecule has 2 heterocycles. The van der Waals surface area contributed by atoms with Crippen LogP contribution in [0, 0.1) is 0 Å². The highest BCUT2D eigenvalue weighted by atomic mass is 35.5. The predicted octanol–water partition coefficient (Wildman–Crippen LogP) is 2.23. The number of morpholine rings is 1. The fourth-order valence-electron chi connectivity index (χ4n) is 2.95.